The molecule has 7 nitrogen and oxygen atoms in total. The summed E-state index contributed by atoms with van der Waals surface area (Å²) in [5, 5.41) is 2.72. The highest BCUT2D eigenvalue weighted by Crippen LogP contribution is 2.31. The SMILES string of the molecule is COC(=O)C1=C2C[C@H](NSO)CN2C(c2nccs2)=NC1. The van der Waals surface area contributed by atoms with Gasteiger partial charge in [0.05, 0.1) is 31.5 Å². The maximum Gasteiger partial charge on any atom is 0.337 e. The second-order valence-corrected chi connectivity index (χ2v) is 5.93. The summed E-state index contributed by atoms with van der Waals surface area (Å²) in [6.45, 7) is 0.925. The van der Waals surface area contributed by atoms with Gasteiger partial charge in [0.2, 0.25) is 0 Å². The standard InChI is InChI=1S/C12H14N4O3S2/c1-19-12(17)8-5-14-10(11-13-2-3-20-11)16-6-7(15-21-18)4-9(8)16/h2-3,7,15,18H,4-6H2,1H3/t7-/m0/s1. The fourth-order valence-corrected chi connectivity index (χ4v) is 3.51. The Balaban J connectivity index is 1.94. The van der Waals surface area contributed by atoms with Crippen LogP contribution in [0.5, 0.6) is 0 Å². The number of nitrogens with zero attached hydrogens (tertiary/aromatic N) is 3. The van der Waals surface area contributed by atoms with Gasteiger partial charge < -0.3 is 14.2 Å². The molecule has 0 saturated carbocycles. The third-order valence-corrected chi connectivity index (χ3v) is 4.64. The average molecular weight is 326 g/mol. The molecule has 0 aromatic carbocycles. The van der Waals surface area contributed by atoms with Gasteiger partial charge in [0, 0.05) is 36.3 Å². The lowest BCUT2D eigenvalue weighted by Crippen LogP contribution is -2.36. The molecule has 1 aromatic rings. The molecule has 0 radical (unpaired) electrons. The largest absolute Gasteiger partial charge is 0.466 e. The number of ether oxygens (including phenoxy) is 1. The van der Waals surface area contributed by atoms with Crippen LogP contribution in [-0.4, -0.2) is 52.5 Å². The quantitative estimate of drug-likeness (QED) is 0.487. The maximum atomic E-state index is 11.9. The van der Waals surface area contributed by atoms with Crippen molar-refractivity contribution in [3.63, 3.8) is 0 Å². The van der Waals surface area contributed by atoms with Gasteiger partial charge in [0.1, 0.15) is 0 Å². The van der Waals surface area contributed by atoms with E-state index in [-0.39, 0.29) is 12.0 Å². The van der Waals surface area contributed by atoms with E-state index in [4.69, 9.17) is 9.29 Å². The summed E-state index contributed by atoms with van der Waals surface area (Å²) in [6, 6.07) is 0.0397. The Morgan fingerprint density at radius 2 is 2.52 bits per heavy atom. The van der Waals surface area contributed by atoms with Crippen molar-refractivity contribution in [3.8, 4) is 0 Å². The fourth-order valence-electron chi connectivity index (χ4n) is 2.55. The van der Waals surface area contributed by atoms with Crippen LogP contribution in [0.4, 0.5) is 0 Å². The molecule has 0 unspecified atom stereocenters. The van der Waals surface area contributed by atoms with Gasteiger partial charge in [-0.05, 0) is 0 Å². The second kappa shape index (κ2) is 6.14. The number of aromatic nitrogens is 1. The number of rotatable bonds is 4. The molecule has 0 aliphatic carbocycles. The van der Waals surface area contributed by atoms with E-state index in [0.717, 1.165) is 16.5 Å². The minimum absolute atomic E-state index is 0.0397. The van der Waals surface area contributed by atoms with Gasteiger partial charge >= 0.3 is 5.97 Å². The number of hydrogen-bond acceptors (Lipinski definition) is 9. The molecule has 1 aromatic heterocycles. The molecule has 0 spiro atoms. The zero-order valence-electron chi connectivity index (χ0n) is 11.3. The number of thiazole rings is 1. The molecular formula is C12H14N4O3S2. The van der Waals surface area contributed by atoms with Gasteiger partial charge in [-0.15, -0.1) is 11.3 Å². The molecule has 2 aliphatic rings. The third kappa shape index (κ3) is 2.69. The normalized spacial score (nSPS) is 21.3. The van der Waals surface area contributed by atoms with E-state index in [9.17, 15) is 4.79 Å². The van der Waals surface area contributed by atoms with Gasteiger partial charge in [-0.25, -0.2) is 14.5 Å². The minimum atomic E-state index is -0.353. The molecule has 0 amide bonds. The van der Waals surface area contributed by atoms with Gasteiger partial charge in [-0.1, -0.05) is 0 Å². The highest BCUT2D eigenvalue weighted by molar-refractivity contribution is 7.91. The lowest BCUT2D eigenvalue weighted by molar-refractivity contribution is -0.136. The summed E-state index contributed by atoms with van der Waals surface area (Å²) in [5.41, 5.74) is 1.47. The topological polar surface area (TPSA) is 87.0 Å². The van der Waals surface area contributed by atoms with E-state index < -0.39 is 0 Å². The van der Waals surface area contributed by atoms with Crippen molar-refractivity contribution in [1.82, 2.24) is 14.6 Å². The van der Waals surface area contributed by atoms with Crippen molar-refractivity contribution in [1.29, 1.82) is 0 Å². The van der Waals surface area contributed by atoms with Crippen LogP contribution >= 0.6 is 23.6 Å². The number of nitrogens with one attached hydrogen (secondary N) is 1. The third-order valence-electron chi connectivity index (χ3n) is 3.43. The summed E-state index contributed by atoms with van der Waals surface area (Å²) in [5.74, 6) is 0.425. The first-order valence-corrected chi connectivity index (χ1v) is 7.98. The lowest BCUT2D eigenvalue weighted by atomic mass is 10.1. The first-order valence-electron chi connectivity index (χ1n) is 6.32. The molecule has 3 rings (SSSR count). The van der Waals surface area contributed by atoms with Crippen LogP contribution in [-0.2, 0) is 9.53 Å². The molecule has 1 saturated heterocycles. The summed E-state index contributed by atoms with van der Waals surface area (Å²) in [6.07, 6.45) is 2.37. The van der Waals surface area contributed by atoms with Crippen LogP contribution in [0.1, 0.15) is 11.4 Å². The molecule has 112 valence electrons. The first-order chi connectivity index (χ1) is 10.2. The predicted octanol–water partition coefficient (Wildman–Crippen LogP) is 1.12. The molecule has 21 heavy (non-hydrogen) atoms. The smallest absolute Gasteiger partial charge is 0.337 e. The summed E-state index contributed by atoms with van der Waals surface area (Å²) in [4.78, 5) is 22.7. The molecule has 0 bridgehead atoms. The molecule has 9 heteroatoms. The molecule has 2 aliphatic heterocycles. The van der Waals surface area contributed by atoms with E-state index >= 15 is 0 Å². The van der Waals surface area contributed by atoms with Crippen molar-refractivity contribution in [2.45, 2.75) is 12.5 Å². The van der Waals surface area contributed by atoms with Crippen LogP contribution in [0.2, 0.25) is 0 Å². The van der Waals surface area contributed by atoms with Crippen molar-refractivity contribution in [2.75, 3.05) is 20.2 Å². The van der Waals surface area contributed by atoms with Crippen molar-refractivity contribution in [3.05, 3.63) is 27.9 Å². The van der Waals surface area contributed by atoms with Gasteiger partial charge in [0.25, 0.3) is 0 Å². The Labute approximate surface area is 130 Å². The Morgan fingerprint density at radius 3 is 3.19 bits per heavy atom. The number of methoxy groups -OCH3 is 1. The summed E-state index contributed by atoms with van der Waals surface area (Å²) < 4.78 is 16.7. The number of hydrogen-bond donors (Lipinski definition) is 2. The zero-order valence-corrected chi connectivity index (χ0v) is 12.9. The highest BCUT2D eigenvalue weighted by Gasteiger charge is 2.37. The van der Waals surface area contributed by atoms with Crippen LogP contribution in [0.15, 0.2) is 27.8 Å². The average Bonchev–Trinajstić information content (AvgIpc) is 3.14. The number of esters is 1. The summed E-state index contributed by atoms with van der Waals surface area (Å²) >= 11 is 2.10. The number of carbonyl (C=O) groups is 1. The first kappa shape index (κ1) is 14.5. The number of fused-ring (bicyclic) bond motifs is 1. The van der Waals surface area contributed by atoms with Gasteiger partial charge in [-0.2, -0.15) is 0 Å². The van der Waals surface area contributed by atoms with Crippen molar-refractivity contribution < 1.29 is 14.1 Å². The monoisotopic (exact) mass is 326 g/mol. The Bertz CT molecular complexity index is 600. The molecule has 1 atom stereocenters. The van der Waals surface area contributed by atoms with Gasteiger partial charge in [0.15, 0.2) is 10.8 Å². The Morgan fingerprint density at radius 1 is 1.67 bits per heavy atom. The van der Waals surface area contributed by atoms with Crippen LogP contribution in [0, 0.1) is 0 Å². The Hall–Kier alpha value is -1.42. The van der Waals surface area contributed by atoms with Crippen molar-refractivity contribution >= 4 is 35.4 Å². The highest BCUT2D eigenvalue weighted by atomic mass is 32.2. The molecule has 2 N–H and O–H groups in total. The van der Waals surface area contributed by atoms with E-state index in [2.05, 4.69) is 14.7 Å². The lowest BCUT2D eigenvalue weighted by Gasteiger charge is -2.26. The summed E-state index contributed by atoms with van der Waals surface area (Å²) in [7, 11) is 1.37. The predicted molar refractivity (Wildman–Crippen MR) is 81.0 cm³/mol. The van der Waals surface area contributed by atoms with E-state index in [1.807, 2.05) is 10.3 Å². The van der Waals surface area contributed by atoms with E-state index in [0.29, 0.717) is 37.3 Å². The molecule has 1 fully saturated rings. The maximum absolute atomic E-state index is 11.9. The molecular weight excluding hydrogens is 312 g/mol. The zero-order chi connectivity index (χ0) is 14.8. The molecule has 3 heterocycles. The van der Waals surface area contributed by atoms with Crippen LogP contribution in [0.25, 0.3) is 0 Å². The fraction of sp³-hybridized carbons (Fsp3) is 0.417. The number of aliphatic imine (C=N–C) groups is 1. The van der Waals surface area contributed by atoms with E-state index in [1.54, 1.807) is 6.20 Å². The van der Waals surface area contributed by atoms with Crippen molar-refractivity contribution in [2.24, 2.45) is 4.99 Å². The van der Waals surface area contributed by atoms with Gasteiger partial charge in [-0.3, -0.25) is 4.99 Å². The van der Waals surface area contributed by atoms with Crippen LogP contribution < -0.4 is 4.72 Å². The number of carbonyl (C=O) groups excluding carboxylic acids is 1. The van der Waals surface area contributed by atoms with E-state index in [1.165, 1.54) is 18.4 Å². The second-order valence-electron chi connectivity index (χ2n) is 4.61. The Kier molecular flexibility index (Phi) is 4.24. The van der Waals surface area contributed by atoms with Crippen LogP contribution in [0.3, 0.4) is 0 Å². The minimum Gasteiger partial charge on any atom is -0.466 e. The number of amidine groups is 1.